The molecule has 1 fully saturated rings. The van der Waals surface area contributed by atoms with Crippen molar-refractivity contribution in [3.8, 4) is 0 Å². The molecule has 2 aromatic rings. The predicted molar refractivity (Wildman–Crippen MR) is 78.8 cm³/mol. The van der Waals surface area contributed by atoms with Crippen molar-refractivity contribution in [1.29, 1.82) is 0 Å². The largest absolute Gasteiger partial charge is 0.370 e. The fraction of sp³-hybridized carbons (Fsp3) is 0.400. The van der Waals surface area contributed by atoms with Gasteiger partial charge in [-0.15, -0.1) is 0 Å². The number of hydrogen-bond donors (Lipinski definition) is 1. The zero-order chi connectivity index (χ0) is 13.9. The third-order valence-electron chi connectivity index (χ3n) is 3.68. The molecule has 5 nitrogen and oxygen atoms in total. The highest BCUT2D eigenvalue weighted by molar-refractivity contribution is 5.82. The number of hydrogen-bond acceptors (Lipinski definition) is 4. The highest BCUT2D eigenvalue weighted by atomic mass is 16.6. The summed E-state index contributed by atoms with van der Waals surface area (Å²) in [5, 5.41) is 14.8. The summed E-state index contributed by atoms with van der Waals surface area (Å²) in [6, 6.07) is 8.50. The molecule has 0 amide bonds. The maximum absolute atomic E-state index is 10.7. The number of benzene rings is 1. The summed E-state index contributed by atoms with van der Waals surface area (Å²) < 4.78 is 0. The second-order valence-electron chi connectivity index (χ2n) is 5.34. The van der Waals surface area contributed by atoms with E-state index < -0.39 is 0 Å². The van der Waals surface area contributed by atoms with Crippen LogP contribution in [0.15, 0.2) is 30.3 Å². The zero-order valence-corrected chi connectivity index (χ0v) is 11.2. The van der Waals surface area contributed by atoms with Crippen molar-refractivity contribution >= 4 is 22.4 Å². The van der Waals surface area contributed by atoms with E-state index in [4.69, 9.17) is 0 Å². The molecule has 20 heavy (non-hydrogen) atoms. The van der Waals surface area contributed by atoms with E-state index in [9.17, 15) is 10.1 Å². The molecule has 1 heterocycles. The molecule has 0 bridgehead atoms. The van der Waals surface area contributed by atoms with Crippen molar-refractivity contribution in [2.24, 2.45) is 5.92 Å². The number of pyridine rings is 1. The molecule has 0 aliphatic heterocycles. The summed E-state index contributed by atoms with van der Waals surface area (Å²) >= 11 is 0. The lowest BCUT2D eigenvalue weighted by Crippen LogP contribution is -2.03. The first kappa shape index (κ1) is 12.8. The summed E-state index contributed by atoms with van der Waals surface area (Å²) in [6.07, 6.45) is 5.26. The van der Waals surface area contributed by atoms with Gasteiger partial charge in [0, 0.05) is 24.1 Å². The van der Waals surface area contributed by atoms with Crippen molar-refractivity contribution in [2.45, 2.75) is 25.7 Å². The van der Waals surface area contributed by atoms with Gasteiger partial charge in [0.05, 0.1) is 10.4 Å². The third kappa shape index (κ3) is 3.04. The van der Waals surface area contributed by atoms with Gasteiger partial charge in [0.1, 0.15) is 5.82 Å². The highest BCUT2D eigenvalue weighted by Gasteiger charge is 2.19. The average molecular weight is 271 g/mol. The van der Waals surface area contributed by atoms with E-state index in [1.54, 1.807) is 12.1 Å². The molecule has 5 heteroatoms. The number of non-ortho nitro benzene ring substituents is 1. The smallest absolute Gasteiger partial charge is 0.270 e. The van der Waals surface area contributed by atoms with Gasteiger partial charge in [0.25, 0.3) is 5.69 Å². The minimum atomic E-state index is -0.385. The van der Waals surface area contributed by atoms with Crippen molar-refractivity contribution in [1.82, 2.24) is 4.98 Å². The molecule has 1 saturated carbocycles. The summed E-state index contributed by atoms with van der Waals surface area (Å²) in [7, 11) is 0. The molecule has 1 aliphatic rings. The van der Waals surface area contributed by atoms with E-state index in [0.29, 0.717) is 0 Å². The van der Waals surface area contributed by atoms with Crippen molar-refractivity contribution in [3.63, 3.8) is 0 Å². The van der Waals surface area contributed by atoms with E-state index in [-0.39, 0.29) is 10.6 Å². The van der Waals surface area contributed by atoms with Crippen LogP contribution in [0.2, 0.25) is 0 Å². The maximum atomic E-state index is 10.7. The van der Waals surface area contributed by atoms with Crippen LogP contribution in [0.5, 0.6) is 0 Å². The normalized spacial score (nSPS) is 14.4. The lowest BCUT2D eigenvalue weighted by atomic mass is 10.2. The van der Waals surface area contributed by atoms with E-state index in [1.165, 1.54) is 31.7 Å². The van der Waals surface area contributed by atoms with Crippen molar-refractivity contribution < 1.29 is 4.92 Å². The Balaban J connectivity index is 1.66. The van der Waals surface area contributed by atoms with Crippen LogP contribution in [-0.2, 0) is 0 Å². The zero-order valence-electron chi connectivity index (χ0n) is 11.2. The molecular formula is C15H17N3O2. The molecule has 0 spiro atoms. The number of nitro groups is 1. The summed E-state index contributed by atoms with van der Waals surface area (Å²) in [5.74, 6) is 1.80. The fourth-order valence-corrected chi connectivity index (χ4v) is 2.34. The Morgan fingerprint density at radius 1 is 1.30 bits per heavy atom. The van der Waals surface area contributed by atoms with Crippen LogP contribution in [0.25, 0.3) is 10.9 Å². The third-order valence-corrected chi connectivity index (χ3v) is 3.68. The number of rotatable bonds is 6. The van der Waals surface area contributed by atoms with E-state index in [2.05, 4.69) is 10.3 Å². The van der Waals surface area contributed by atoms with E-state index >= 15 is 0 Å². The number of nitrogens with one attached hydrogen (secondary N) is 1. The molecule has 3 rings (SSSR count). The van der Waals surface area contributed by atoms with Crippen LogP contribution in [-0.4, -0.2) is 16.5 Å². The summed E-state index contributed by atoms with van der Waals surface area (Å²) in [5.41, 5.74) is 0.882. The molecule has 0 radical (unpaired) electrons. The van der Waals surface area contributed by atoms with Crippen LogP contribution >= 0.6 is 0 Å². The van der Waals surface area contributed by atoms with Crippen LogP contribution in [0.3, 0.4) is 0 Å². The number of nitrogens with zero attached hydrogens (tertiary/aromatic N) is 2. The first-order chi connectivity index (χ1) is 9.72. The number of fused-ring (bicyclic) bond motifs is 1. The van der Waals surface area contributed by atoms with Gasteiger partial charge in [-0.2, -0.15) is 0 Å². The van der Waals surface area contributed by atoms with Gasteiger partial charge in [0.15, 0.2) is 0 Å². The topological polar surface area (TPSA) is 68.1 Å². The number of aromatic nitrogens is 1. The van der Waals surface area contributed by atoms with Crippen LogP contribution in [0.1, 0.15) is 25.7 Å². The second kappa shape index (κ2) is 5.45. The van der Waals surface area contributed by atoms with Crippen LogP contribution in [0.4, 0.5) is 11.5 Å². The maximum Gasteiger partial charge on any atom is 0.270 e. The lowest BCUT2D eigenvalue weighted by Gasteiger charge is -2.06. The first-order valence-electron chi connectivity index (χ1n) is 7.01. The lowest BCUT2D eigenvalue weighted by molar-refractivity contribution is -0.384. The average Bonchev–Trinajstić information content (AvgIpc) is 3.27. The molecule has 1 aromatic heterocycles. The Morgan fingerprint density at radius 2 is 2.15 bits per heavy atom. The first-order valence-corrected chi connectivity index (χ1v) is 7.01. The molecule has 1 aromatic carbocycles. The highest BCUT2D eigenvalue weighted by Crippen LogP contribution is 2.33. The Morgan fingerprint density at radius 3 is 2.90 bits per heavy atom. The minimum Gasteiger partial charge on any atom is -0.370 e. The SMILES string of the molecule is O=[N+]([O-])c1ccc2nc(NCCCC3CC3)ccc2c1. The van der Waals surface area contributed by atoms with Crippen molar-refractivity contribution in [2.75, 3.05) is 11.9 Å². The molecule has 0 saturated heterocycles. The van der Waals surface area contributed by atoms with Crippen molar-refractivity contribution in [3.05, 3.63) is 40.4 Å². The summed E-state index contributed by atoms with van der Waals surface area (Å²) in [6.45, 7) is 0.933. The number of anilines is 1. The Kier molecular flexibility index (Phi) is 3.50. The second-order valence-corrected chi connectivity index (χ2v) is 5.34. The molecule has 0 unspecified atom stereocenters. The Hall–Kier alpha value is -2.17. The summed E-state index contributed by atoms with van der Waals surface area (Å²) in [4.78, 5) is 14.8. The standard InChI is InChI=1S/C15H17N3O2/c19-18(20)13-6-7-14-12(10-13)5-8-15(17-14)16-9-1-2-11-3-4-11/h5-8,10-11H,1-4,9H2,(H,16,17). The molecule has 104 valence electrons. The molecule has 1 N–H and O–H groups in total. The molecular weight excluding hydrogens is 254 g/mol. The van der Waals surface area contributed by atoms with Crippen LogP contribution in [0, 0.1) is 16.0 Å². The van der Waals surface area contributed by atoms with Gasteiger partial charge in [-0.3, -0.25) is 10.1 Å². The monoisotopic (exact) mass is 271 g/mol. The van der Waals surface area contributed by atoms with E-state index in [0.717, 1.165) is 29.2 Å². The van der Waals surface area contributed by atoms with Gasteiger partial charge in [0.2, 0.25) is 0 Å². The quantitative estimate of drug-likeness (QED) is 0.493. The predicted octanol–water partition coefficient (Wildman–Crippen LogP) is 3.75. The fourth-order valence-electron chi connectivity index (χ4n) is 2.34. The van der Waals surface area contributed by atoms with Crippen LogP contribution < -0.4 is 5.32 Å². The van der Waals surface area contributed by atoms with Gasteiger partial charge in [-0.25, -0.2) is 4.98 Å². The van der Waals surface area contributed by atoms with Gasteiger partial charge < -0.3 is 5.32 Å². The Bertz CT molecular complexity index is 638. The molecule has 0 atom stereocenters. The van der Waals surface area contributed by atoms with Gasteiger partial charge in [-0.05, 0) is 37.0 Å². The minimum absolute atomic E-state index is 0.101. The molecule has 1 aliphatic carbocycles. The number of nitro benzene ring substituents is 1. The van der Waals surface area contributed by atoms with Gasteiger partial charge in [-0.1, -0.05) is 12.8 Å². The Labute approximate surface area is 117 Å². The van der Waals surface area contributed by atoms with Gasteiger partial charge >= 0.3 is 0 Å². The van der Waals surface area contributed by atoms with E-state index in [1.807, 2.05) is 12.1 Å².